The van der Waals surface area contributed by atoms with E-state index in [0.717, 1.165) is 5.56 Å². The zero-order valence-corrected chi connectivity index (χ0v) is 23.4. The predicted octanol–water partition coefficient (Wildman–Crippen LogP) is 5.40. The Morgan fingerprint density at radius 2 is 1.59 bits per heavy atom. The van der Waals surface area contributed by atoms with E-state index in [4.69, 9.17) is 14.2 Å². The summed E-state index contributed by atoms with van der Waals surface area (Å²) in [4.78, 5) is 27.3. The fourth-order valence-corrected chi connectivity index (χ4v) is 4.91. The fraction of sp³-hybridized carbons (Fsp3) is 0.194. The van der Waals surface area contributed by atoms with Crippen LogP contribution in [-0.4, -0.2) is 42.9 Å². The van der Waals surface area contributed by atoms with Crippen LogP contribution in [0.3, 0.4) is 0 Å². The maximum Gasteiger partial charge on any atom is 0.261 e. The Labute approximate surface area is 237 Å². The number of rotatable bonds is 8. The number of para-hydroxylation sites is 2. The van der Waals surface area contributed by atoms with Crippen molar-refractivity contribution in [3.8, 4) is 17.2 Å². The molecule has 3 aromatic carbocycles. The zero-order valence-electron chi connectivity index (χ0n) is 23.4. The number of carbonyl (C=O) groups is 2. The Hall–Kier alpha value is -5.25. The summed E-state index contributed by atoms with van der Waals surface area (Å²) in [6, 6.07) is 19.5. The molecule has 4 aromatic rings. The van der Waals surface area contributed by atoms with Crippen molar-refractivity contribution in [1.82, 2.24) is 9.78 Å². The van der Waals surface area contributed by atoms with Crippen molar-refractivity contribution in [2.75, 3.05) is 37.3 Å². The highest BCUT2D eigenvalue weighted by atomic mass is 16.5. The number of nitrogens with zero attached hydrogens (tertiary/aromatic N) is 2. The number of carbonyl (C=O) groups excluding carboxylic acids is 2. The van der Waals surface area contributed by atoms with E-state index in [2.05, 4.69) is 21.0 Å². The minimum absolute atomic E-state index is 0.329. The van der Waals surface area contributed by atoms with Crippen LogP contribution in [0.25, 0.3) is 0 Å². The molecular formula is C31H31N5O5. The van der Waals surface area contributed by atoms with Gasteiger partial charge in [-0.2, -0.15) is 5.10 Å². The van der Waals surface area contributed by atoms with Crippen molar-refractivity contribution in [3.05, 3.63) is 101 Å². The van der Waals surface area contributed by atoms with Crippen molar-refractivity contribution in [2.45, 2.75) is 19.9 Å². The summed E-state index contributed by atoms with van der Waals surface area (Å²) in [7, 11) is 4.65. The number of allylic oxidation sites excluding steroid dienone is 1. The molecule has 0 fully saturated rings. The van der Waals surface area contributed by atoms with E-state index in [-0.39, 0.29) is 11.8 Å². The number of aromatic nitrogens is 2. The average Bonchev–Trinajstić information content (AvgIpc) is 3.39. The van der Waals surface area contributed by atoms with E-state index < -0.39 is 6.04 Å². The van der Waals surface area contributed by atoms with Gasteiger partial charge >= 0.3 is 0 Å². The number of hydrogen-bond acceptors (Lipinski definition) is 7. The quantitative estimate of drug-likeness (QED) is 0.268. The molecule has 2 heterocycles. The molecule has 41 heavy (non-hydrogen) atoms. The van der Waals surface area contributed by atoms with Crippen LogP contribution in [0.5, 0.6) is 17.2 Å². The number of methoxy groups -OCH3 is 3. The van der Waals surface area contributed by atoms with Crippen molar-refractivity contribution in [2.24, 2.45) is 0 Å². The Morgan fingerprint density at radius 3 is 2.32 bits per heavy atom. The molecule has 0 unspecified atom stereocenters. The molecule has 2 amide bonds. The molecule has 0 radical (unpaired) electrons. The fourth-order valence-electron chi connectivity index (χ4n) is 4.91. The van der Waals surface area contributed by atoms with Crippen LogP contribution in [0.1, 0.15) is 34.5 Å². The van der Waals surface area contributed by atoms with Gasteiger partial charge in [-0.05, 0) is 61.4 Å². The van der Waals surface area contributed by atoms with Crippen LogP contribution in [-0.2, 0) is 4.79 Å². The number of benzene rings is 3. The number of anilines is 3. The zero-order chi connectivity index (χ0) is 29.1. The highest BCUT2D eigenvalue weighted by Gasteiger charge is 2.36. The third-order valence-electron chi connectivity index (χ3n) is 6.87. The largest absolute Gasteiger partial charge is 0.495 e. The van der Waals surface area contributed by atoms with E-state index in [1.165, 1.54) is 6.20 Å². The Kier molecular flexibility index (Phi) is 7.64. The topological polar surface area (TPSA) is 116 Å². The second-order valence-electron chi connectivity index (χ2n) is 9.51. The van der Waals surface area contributed by atoms with Gasteiger partial charge in [0.25, 0.3) is 11.8 Å². The standard InChI is InChI=1S/C31H31N5O5/c1-18-9-8-10-21(15-18)34-30(37)22-17-32-36-28(20-13-14-25(40-4)26(16-20)41-5)27(19(2)33-29(22)36)31(38)35-23-11-6-7-12-24(23)39-3/h6-17,28,33H,1-5H3,(H,34,37)(H,35,38)/t28-/m1/s1. The molecule has 3 N–H and O–H groups in total. The van der Waals surface area contributed by atoms with Gasteiger partial charge in [0.1, 0.15) is 23.2 Å². The van der Waals surface area contributed by atoms with E-state index in [1.807, 2.05) is 49.4 Å². The molecule has 210 valence electrons. The Morgan fingerprint density at radius 1 is 0.829 bits per heavy atom. The summed E-state index contributed by atoms with van der Waals surface area (Å²) in [6.07, 6.45) is 1.50. The molecule has 0 aliphatic carbocycles. The van der Waals surface area contributed by atoms with Gasteiger partial charge in [0.05, 0.1) is 38.8 Å². The second kappa shape index (κ2) is 11.5. The van der Waals surface area contributed by atoms with E-state index in [0.29, 0.717) is 56.8 Å². The minimum Gasteiger partial charge on any atom is -0.495 e. The minimum atomic E-state index is -0.693. The molecule has 0 saturated carbocycles. The Bertz CT molecular complexity index is 1660. The van der Waals surface area contributed by atoms with E-state index in [9.17, 15) is 9.59 Å². The summed E-state index contributed by atoms with van der Waals surface area (Å²) in [5.74, 6) is 1.35. The number of ether oxygens (including phenoxy) is 3. The molecule has 5 rings (SSSR count). The molecule has 0 saturated heterocycles. The van der Waals surface area contributed by atoms with E-state index in [1.54, 1.807) is 57.2 Å². The first-order valence-electron chi connectivity index (χ1n) is 12.9. The predicted molar refractivity (Wildman–Crippen MR) is 157 cm³/mol. The van der Waals surface area contributed by atoms with Gasteiger partial charge in [-0.25, -0.2) is 4.68 Å². The summed E-state index contributed by atoms with van der Waals surface area (Å²) >= 11 is 0. The summed E-state index contributed by atoms with van der Waals surface area (Å²) in [5, 5.41) is 13.7. The second-order valence-corrected chi connectivity index (χ2v) is 9.51. The van der Waals surface area contributed by atoms with Gasteiger partial charge in [0.15, 0.2) is 11.5 Å². The molecule has 1 aliphatic heterocycles. The smallest absolute Gasteiger partial charge is 0.261 e. The maximum atomic E-state index is 13.9. The lowest BCUT2D eigenvalue weighted by atomic mass is 9.94. The van der Waals surface area contributed by atoms with Gasteiger partial charge in [-0.15, -0.1) is 0 Å². The Balaban J connectivity index is 1.59. The number of aryl methyl sites for hydroxylation is 1. The first-order valence-corrected chi connectivity index (χ1v) is 12.9. The maximum absolute atomic E-state index is 13.9. The summed E-state index contributed by atoms with van der Waals surface area (Å²) < 4.78 is 18.1. The number of nitrogens with one attached hydrogen (secondary N) is 3. The normalized spacial score (nSPS) is 14.0. The molecule has 10 heteroatoms. The molecule has 1 atom stereocenters. The molecule has 10 nitrogen and oxygen atoms in total. The molecule has 0 bridgehead atoms. The van der Waals surface area contributed by atoms with Crippen molar-refractivity contribution >= 4 is 29.0 Å². The van der Waals surface area contributed by atoms with Crippen LogP contribution < -0.4 is 30.2 Å². The summed E-state index contributed by atoms with van der Waals surface area (Å²) in [6.45, 7) is 3.75. The lowest BCUT2D eigenvalue weighted by Crippen LogP contribution is -2.32. The third kappa shape index (κ3) is 5.31. The van der Waals surface area contributed by atoms with Gasteiger partial charge in [0.2, 0.25) is 0 Å². The van der Waals surface area contributed by atoms with Crippen LogP contribution >= 0.6 is 0 Å². The SMILES string of the molecule is COc1ccccc1NC(=O)C1=C(C)Nc2c(C(=O)Nc3cccc(C)c3)cnn2[C@@H]1c1ccc(OC)c(OC)c1. The van der Waals surface area contributed by atoms with Crippen LogP contribution in [0.2, 0.25) is 0 Å². The van der Waals surface area contributed by atoms with Gasteiger partial charge < -0.3 is 30.2 Å². The highest BCUT2D eigenvalue weighted by Crippen LogP contribution is 2.41. The van der Waals surface area contributed by atoms with Crippen molar-refractivity contribution < 1.29 is 23.8 Å². The molecular weight excluding hydrogens is 522 g/mol. The first-order chi connectivity index (χ1) is 19.8. The van der Waals surface area contributed by atoms with Crippen LogP contribution in [0.4, 0.5) is 17.2 Å². The van der Waals surface area contributed by atoms with Gasteiger partial charge in [-0.3, -0.25) is 9.59 Å². The third-order valence-corrected chi connectivity index (χ3v) is 6.87. The highest BCUT2D eigenvalue weighted by molar-refractivity contribution is 6.09. The number of fused-ring (bicyclic) bond motifs is 1. The molecule has 0 spiro atoms. The van der Waals surface area contributed by atoms with Gasteiger partial charge in [0, 0.05) is 11.4 Å². The monoisotopic (exact) mass is 553 g/mol. The first kappa shape index (κ1) is 27.3. The molecule has 1 aliphatic rings. The average molecular weight is 554 g/mol. The lowest BCUT2D eigenvalue weighted by Gasteiger charge is -2.30. The van der Waals surface area contributed by atoms with E-state index >= 15 is 0 Å². The van der Waals surface area contributed by atoms with Crippen molar-refractivity contribution in [1.29, 1.82) is 0 Å². The summed E-state index contributed by atoms with van der Waals surface area (Å²) in [5.41, 5.74) is 4.24. The van der Waals surface area contributed by atoms with Crippen LogP contribution in [0.15, 0.2) is 84.2 Å². The van der Waals surface area contributed by atoms with Crippen LogP contribution in [0, 0.1) is 6.92 Å². The van der Waals surface area contributed by atoms with Gasteiger partial charge in [-0.1, -0.05) is 30.3 Å². The lowest BCUT2D eigenvalue weighted by molar-refractivity contribution is -0.113. The van der Waals surface area contributed by atoms with Crippen molar-refractivity contribution in [3.63, 3.8) is 0 Å². The molecule has 1 aromatic heterocycles. The number of amides is 2. The number of hydrogen-bond donors (Lipinski definition) is 3.